The van der Waals surface area contributed by atoms with E-state index >= 15 is 0 Å². The van der Waals surface area contributed by atoms with Crippen molar-refractivity contribution in [1.29, 1.82) is 0 Å². The Bertz CT molecular complexity index is 518. The molecule has 0 unspecified atom stereocenters. The van der Waals surface area contributed by atoms with Gasteiger partial charge in [0.05, 0.1) is 12.0 Å². The van der Waals surface area contributed by atoms with Crippen LogP contribution in [0.15, 0.2) is 22.7 Å². The number of carbonyl (C=O) groups excluding carboxylic acids is 2. The Morgan fingerprint density at radius 3 is 2.47 bits per heavy atom. The Hall–Kier alpha value is -2.09. The highest BCUT2D eigenvalue weighted by atomic mass is 79.9. The van der Waals surface area contributed by atoms with Crippen LogP contribution in [0, 0.1) is 0 Å². The molecule has 1 aromatic rings. The largest absolute Gasteiger partial charge is 0.507 e. The molecule has 0 heterocycles. The Morgan fingerprint density at radius 1 is 1.16 bits per heavy atom. The molecule has 0 aliphatic rings. The normalized spacial score (nSPS) is 9.74. The summed E-state index contributed by atoms with van der Waals surface area (Å²) in [5, 5.41) is 17.9. The second kappa shape index (κ2) is 6.74. The van der Waals surface area contributed by atoms with Gasteiger partial charge in [0.2, 0.25) is 5.91 Å². The number of carboxylic acids is 1. The van der Waals surface area contributed by atoms with Crippen molar-refractivity contribution in [3.8, 4) is 5.75 Å². The smallest absolute Gasteiger partial charge is 0.303 e. The molecule has 2 amide bonds. The van der Waals surface area contributed by atoms with Crippen molar-refractivity contribution in [2.24, 2.45) is 0 Å². The molecule has 8 heteroatoms. The van der Waals surface area contributed by atoms with E-state index in [9.17, 15) is 19.5 Å². The molecule has 0 aromatic heterocycles. The summed E-state index contributed by atoms with van der Waals surface area (Å²) >= 11 is 3.14. The van der Waals surface area contributed by atoms with Gasteiger partial charge in [0.1, 0.15) is 5.75 Å². The molecule has 0 radical (unpaired) electrons. The van der Waals surface area contributed by atoms with Crippen molar-refractivity contribution in [1.82, 2.24) is 10.9 Å². The van der Waals surface area contributed by atoms with Crippen LogP contribution in [0.1, 0.15) is 23.2 Å². The summed E-state index contributed by atoms with van der Waals surface area (Å²) in [5.41, 5.74) is 4.11. The van der Waals surface area contributed by atoms with Gasteiger partial charge in [-0.15, -0.1) is 0 Å². The van der Waals surface area contributed by atoms with Gasteiger partial charge in [-0.2, -0.15) is 0 Å². The van der Waals surface area contributed by atoms with E-state index in [0.717, 1.165) is 0 Å². The summed E-state index contributed by atoms with van der Waals surface area (Å²) in [7, 11) is 0. The molecule has 0 atom stereocenters. The van der Waals surface area contributed by atoms with Crippen LogP contribution in [0.3, 0.4) is 0 Å². The SMILES string of the molecule is O=C(O)CCC(=O)NNC(=O)c1cc(Br)ccc1O. The minimum Gasteiger partial charge on any atom is -0.507 e. The molecule has 0 saturated heterocycles. The number of amides is 2. The number of aliphatic carboxylic acids is 1. The van der Waals surface area contributed by atoms with Crippen LogP contribution >= 0.6 is 15.9 Å². The lowest BCUT2D eigenvalue weighted by Gasteiger charge is -2.08. The van der Waals surface area contributed by atoms with Gasteiger partial charge in [-0.1, -0.05) is 15.9 Å². The fraction of sp³-hybridized carbons (Fsp3) is 0.182. The zero-order valence-electron chi connectivity index (χ0n) is 9.64. The maximum absolute atomic E-state index is 11.6. The molecule has 19 heavy (non-hydrogen) atoms. The molecular formula is C11H11BrN2O5. The zero-order valence-corrected chi connectivity index (χ0v) is 11.2. The number of carboxylic acid groups (broad SMARTS) is 1. The molecule has 1 aromatic carbocycles. The van der Waals surface area contributed by atoms with E-state index in [1.807, 2.05) is 0 Å². The number of phenols is 1. The summed E-state index contributed by atoms with van der Waals surface area (Å²) in [5.74, 6) is -2.68. The first-order chi connectivity index (χ1) is 8.90. The predicted molar refractivity (Wildman–Crippen MR) is 68.3 cm³/mol. The third kappa shape index (κ3) is 4.96. The summed E-state index contributed by atoms with van der Waals surface area (Å²) in [4.78, 5) is 33.1. The van der Waals surface area contributed by atoms with Crippen molar-refractivity contribution in [2.45, 2.75) is 12.8 Å². The number of phenolic OH excluding ortho intramolecular Hbond substituents is 1. The lowest BCUT2D eigenvalue weighted by atomic mass is 10.2. The van der Waals surface area contributed by atoms with Crippen molar-refractivity contribution in [2.75, 3.05) is 0 Å². The molecule has 7 nitrogen and oxygen atoms in total. The standard InChI is InChI=1S/C11H11BrN2O5/c12-6-1-2-8(15)7(5-6)11(19)14-13-9(16)3-4-10(17)18/h1-2,5,15H,3-4H2,(H,13,16)(H,14,19)(H,17,18). The topological polar surface area (TPSA) is 116 Å². The fourth-order valence-corrected chi connectivity index (χ4v) is 1.53. The third-order valence-corrected chi connectivity index (χ3v) is 2.58. The monoisotopic (exact) mass is 330 g/mol. The van der Waals surface area contributed by atoms with Gasteiger partial charge in [0.25, 0.3) is 5.91 Å². The average Bonchev–Trinajstić information content (AvgIpc) is 2.36. The van der Waals surface area contributed by atoms with Crippen molar-refractivity contribution in [3.63, 3.8) is 0 Å². The maximum Gasteiger partial charge on any atom is 0.303 e. The summed E-state index contributed by atoms with van der Waals surface area (Å²) < 4.78 is 0.590. The summed E-state index contributed by atoms with van der Waals surface area (Å²) in [6, 6.07) is 4.26. The second-order valence-electron chi connectivity index (χ2n) is 3.56. The molecule has 0 fully saturated rings. The number of halogens is 1. The molecular weight excluding hydrogens is 320 g/mol. The highest BCUT2D eigenvalue weighted by Crippen LogP contribution is 2.21. The number of benzene rings is 1. The number of hydrazine groups is 1. The van der Waals surface area contributed by atoms with Gasteiger partial charge in [0, 0.05) is 10.9 Å². The Balaban J connectivity index is 2.53. The highest BCUT2D eigenvalue weighted by Gasteiger charge is 2.12. The van der Waals surface area contributed by atoms with Gasteiger partial charge in [-0.3, -0.25) is 25.2 Å². The van der Waals surface area contributed by atoms with Gasteiger partial charge in [-0.25, -0.2) is 0 Å². The van der Waals surface area contributed by atoms with E-state index in [0.29, 0.717) is 4.47 Å². The van der Waals surface area contributed by atoms with Crippen LogP contribution in [0.5, 0.6) is 5.75 Å². The summed E-state index contributed by atoms with van der Waals surface area (Å²) in [6.07, 6.45) is -0.579. The van der Waals surface area contributed by atoms with Crippen LogP contribution in [-0.4, -0.2) is 28.0 Å². The Kier molecular flexibility index (Phi) is 5.31. The van der Waals surface area contributed by atoms with Gasteiger partial charge in [0.15, 0.2) is 0 Å². The van der Waals surface area contributed by atoms with Crippen molar-refractivity contribution in [3.05, 3.63) is 28.2 Å². The molecule has 0 aliphatic carbocycles. The van der Waals surface area contributed by atoms with Crippen LogP contribution < -0.4 is 10.9 Å². The molecule has 0 aliphatic heterocycles. The third-order valence-electron chi connectivity index (χ3n) is 2.08. The predicted octanol–water partition coefficient (Wildman–Crippen LogP) is 0.781. The molecule has 0 bridgehead atoms. The number of aromatic hydroxyl groups is 1. The van der Waals surface area contributed by atoms with Crippen molar-refractivity contribution >= 4 is 33.7 Å². The number of carbonyl (C=O) groups is 3. The zero-order chi connectivity index (χ0) is 14.4. The number of nitrogens with one attached hydrogen (secondary N) is 2. The van der Waals surface area contributed by atoms with E-state index in [1.54, 1.807) is 6.07 Å². The van der Waals surface area contributed by atoms with E-state index in [4.69, 9.17) is 5.11 Å². The molecule has 0 spiro atoms. The van der Waals surface area contributed by atoms with Crippen LogP contribution in [0.2, 0.25) is 0 Å². The first kappa shape index (κ1) is 15.0. The Morgan fingerprint density at radius 2 is 1.84 bits per heavy atom. The van der Waals surface area contributed by atoms with E-state index in [-0.39, 0.29) is 24.2 Å². The minimum absolute atomic E-state index is 0.0205. The summed E-state index contributed by atoms with van der Waals surface area (Å²) in [6.45, 7) is 0. The van der Waals surface area contributed by atoms with Crippen LogP contribution in [0.4, 0.5) is 0 Å². The first-order valence-electron chi connectivity index (χ1n) is 5.19. The average molecular weight is 331 g/mol. The van der Waals surface area contributed by atoms with Gasteiger partial charge in [-0.05, 0) is 18.2 Å². The number of hydrogen-bond acceptors (Lipinski definition) is 4. The van der Waals surface area contributed by atoms with E-state index < -0.39 is 17.8 Å². The molecule has 1 rings (SSSR count). The van der Waals surface area contributed by atoms with Gasteiger partial charge >= 0.3 is 5.97 Å². The number of hydrogen-bond donors (Lipinski definition) is 4. The molecule has 4 N–H and O–H groups in total. The highest BCUT2D eigenvalue weighted by molar-refractivity contribution is 9.10. The van der Waals surface area contributed by atoms with Crippen LogP contribution in [0.25, 0.3) is 0 Å². The lowest BCUT2D eigenvalue weighted by Crippen LogP contribution is -2.41. The second-order valence-corrected chi connectivity index (χ2v) is 4.47. The molecule has 102 valence electrons. The quantitative estimate of drug-likeness (QED) is 0.609. The minimum atomic E-state index is -1.11. The van der Waals surface area contributed by atoms with Crippen molar-refractivity contribution < 1.29 is 24.6 Å². The number of rotatable bonds is 4. The lowest BCUT2D eigenvalue weighted by molar-refractivity contribution is -0.138. The Labute approximate surface area is 116 Å². The fourth-order valence-electron chi connectivity index (χ4n) is 1.17. The van der Waals surface area contributed by atoms with Gasteiger partial charge < -0.3 is 10.2 Å². The van der Waals surface area contributed by atoms with Crippen LogP contribution in [-0.2, 0) is 9.59 Å². The van der Waals surface area contributed by atoms with E-state index in [2.05, 4.69) is 26.8 Å². The molecule has 0 saturated carbocycles. The first-order valence-corrected chi connectivity index (χ1v) is 5.99. The maximum atomic E-state index is 11.6. The van der Waals surface area contributed by atoms with E-state index in [1.165, 1.54) is 12.1 Å².